The highest BCUT2D eigenvalue weighted by Crippen LogP contribution is 2.31. The van der Waals surface area contributed by atoms with Gasteiger partial charge in [0.05, 0.1) is 16.7 Å². The third-order valence-electron chi connectivity index (χ3n) is 4.23. The standard InChI is InChI=1S/C16H21ClN2O4/c1-10-5-3-4-6-15(10)23-9-16(20)18-13-8-14(19(21)22)12(17)7-11(13)2/h7-8,10,15H,3-6,9H2,1-2H3,(H,18,20)/t10-,15-/m1/s1. The van der Waals surface area contributed by atoms with Crippen molar-refractivity contribution in [1.29, 1.82) is 0 Å². The zero-order valence-corrected chi connectivity index (χ0v) is 14.1. The highest BCUT2D eigenvalue weighted by atomic mass is 35.5. The molecule has 0 bridgehead atoms. The Kier molecular flexibility index (Phi) is 5.96. The van der Waals surface area contributed by atoms with Crippen LogP contribution in [0.5, 0.6) is 0 Å². The molecule has 1 N–H and O–H groups in total. The summed E-state index contributed by atoms with van der Waals surface area (Å²) in [6.45, 7) is 3.81. The fraction of sp³-hybridized carbons (Fsp3) is 0.562. The molecule has 0 aromatic heterocycles. The van der Waals surface area contributed by atoms with Crippen molar-refractivity contribution in [2.24, 2.45) is 5.92 Å². The lowest BCUT2D eigenvalue weighted by Gasteiger charge is -2.28. The molecule has 2 rings (SSSR count). The van der Waals surface area contributed by atoms with Crippen LogP contribution in [0.3, 0.4) is 0 Å². The fourth-order valence-electron chi connectivity index (χ4n) is 2.83. The maximum absolute atomic E-state index is 12.0. The van der Waals surface area contributed by atoms with Gasteiger partial charge in [-0.25, -0.2) is 0 Å². The summed E-state index contributed by atoms with van der Waals surface area (Å²) in [6, 6.07) is 2.75. The van der Waals surface area contributed by atoms with Gasteiger partial charge >= 0.3 is 0 Å². The van der Waals surface area contributed by atoms with E-state index in [4.69, 9.17) is 16.3 Å². The third-order valence-corrected chi connectivity index (χ3v) is 4.53. The Morgan fingerprint density at radius 2 is 2.13 bits per heavy atom. The van der Waals surface area contributed by atoms with Crippen LogP contribution in [0, 0.1) is 23.0 Å². The van der Waals surface area contributed by atoms with Crippen molar-refractivity contribution in [2.75, 3.05) is 11.9 Å². The minimum Gasteiger partial charge on any atom is -0.368 e. The normalized spacial score (nSPS) is 21.0. The van der Waals surface area contributed by atoms with Crippen LogP contribution >= 0.6 is 11.6 Å². The minimum absolute atomic E-state index is 0.0507. The van der Waals surface area contributed by atoms with Crippen LogP contribution in [0.25, 0.3) is 0 Å². The molecule has 126 valence electrons. The first-order valence-corrected chi connectivity index (χ1v) is 8.12. The van der Waals surface area contributed by atoms with Gasteiger partial charge in [-0.1, -0.05) is 31.4 Å². The summed E-state index contributed by atoms with van der Waals surface area (Å²) in [6.07, 6.45) is 4.53. The predicted molar refractivity (Wildman–Crippen MR) is 88.8 cm³/mol. The van der Waals surface area contributed by atoms with E-state index >= 15 is 0 Å². The molecule has 7 heteroatoms. The Hall–Kier alpha value is -1.66. The smallest absolute Gasteiger partial charge is 0.289 e. The summed E-state index contributed by atoms with van der Waals surface area (Å²) in [5.74, 6) is 0.136. The van der Waals surface area contributed by atoms with Crippen LogP contribution in [0.4, 0.5) is 11.4 Å². The molecule has 1 fully saturated rings. The van der Waals surface area contributed by atoms with Gasteiger partial charge in [-0.2, -0.15) is 0 Å². The molecule has 1 aliphatic carbocycles. The van der Waals surface area contributed by atoms with Crippen LogP contribution in [0.1, 0.15) is 38.2 Å². The number of amides is 1. The minimum atomic E-state index is -0.572. The van der Waals surface area contributed by atoms with Gasteiger partial charge in [0.15, 0.2) is 0 Å². The zero-order chi connectivity index (χ0) is 17.0. The molecule has 0 unspecified atom stereocenters. The molecule has 1 aliphatic rings. The molecule has 1 saturated carbocycles. The SMILES string of the molecule is Cc1cc(Cl)c([N+](=O)[O-])cc1NC(=O)CO[C@@H]1CCCC[C@H]1C. The maximum Gasteiger partial charge on any atom is 0.289 e. The quantitative estimate of drug-likeness (QED) is 0.646. The maximum atomic E-state index is 12.0. The van der Waals surface area contributed by atoms with Crippen molar-refractivity contribution in [3.8, 4) is 0 Å². The number of nitro groups is 1. The molecule has 1 aromatic carbocycles. The number of benzene rings is 1. The van der Waals surface area contributed by atoms with Gasteiger partial charge in [-0.15, -0.1) is 0 Å². The molecule has 23 heavy (non-hydrogen) atoms. The van der Waals surface area contributed by atoms with E-state index in [9.17, 15) is 14.9 Å². The number of nitrogens with one attached hydrogen (secondary N) is 1. The monoisotopic (exact) mass is 340 g/mol. The molecule has 0 aliphatic heterocycles. The Balaban J connectivity index is 1.97. The van der Waals surface area contributed by atoms with Gasteiger partial charge in [0.2, 0.25) is 5.91 Å². The topological polar surface area (TPSA) is 81.5 Å². The number of rotatable bonds is 5. The van der Waals surface area contributed by atoms with Crippen molar-refractivity contribution in [3.05, 3.63) is 32.8 Å². The molecule has 0 spiro atoms. The van der Waals surface area contributed by atoms with E-state index in [1.807, 2.05) is 0 Å². The van der Waals surface area contributed by atoms with Crippen LogP contribution in [0.2, 0.25) is 5.02 Å². The molecule has 6 nitrogen and oxygen atoms in total. The number of nitro benzene ring substituents is 1. The number of nitrogens with zero attached hydrogens (tertiary/aromatic N) is 1. The summed E-state index contributed by atoms with van der Waals surface area (Å²) in [5.41, 5.74) is 0.820. The third kappa shape index (κ3) is 4.65. The first kappa shape index (κ1) is 17.7. The van der Waals surface area contributed by atoms with E-state index in [0.29, 0.717) is 17.2 Å². The average molecular weight is 341 g/mol. The van der Waals surface area contributed by atoms with Gasteiger partial charge in [0.25, 0.3) is 5.69 Å². The molecule has 1 amide bonds. The van der Waals surface area contributed by atoms with Gasteiger partial charge in [0.1, 0.15) is 11.6 Å². The van der Waals surface area contributed by atoms with E-state index in [1.165, 1.54) is 18.6 Å². The molecular formula is C16H21ClN2O4. The van der Waals surface area contributed by atoms with Crippen molar-refractivity contribution < 1.29 is 14.5 Å². The summed E-state index contributed by atoms with van der Waals surface area (Å²) in [5, 5.41) is 13.6. The van der Waals surface area contributed by atoms with E-state index < -0.39 is 4.92 Å². The summed E-state index contributed by atoms with van der Waals surface area (Å²) >= 11 is 5.83. The van der Waals surface area contributed by atoms with Crippen molar-refractivity contribution in [3.63, 3.8) is 0 Å². The Bertz CT molecular complexity index is 606. The van der Waals surface area contributed by atoms with Gasteiger partial charge < -0.3 is 10.1 Å². The van der Waals surface area contributed by atoms with Crippen LogP contribution in [-0.2, 0) is 9.53 Å². The number of aryl methyl sites for hydroxylation is 1. The van der Waals surface area contributed by atoms with Crippen molar-refractivity contribution >= 4 is 28.9 Å². The lowest BCUT2D eigenvalue weighted by molar-refractivity contribution is -0.384. The summed E-state index contributed by atoms with van der Waals surface area (Å²) in [7, 11) is 0. The van der Waals surface area contributed by atoms with Gasteiger partial charge in [-0.3, -0.25) is 14.9 Å². The first-order chi connectivity index (χ1) is 10.9. The van der Waals surface area contributed by atoms with E-state index in [-0.39, 0.29) is 29.3 Å². The second kappa shape index (κ2) is 7.75. The lowest BCUT2D eigenvalue weighted by Crippen LogP contribution is -2.29. The number of hydrogen-bond donors (Lipinski definition) is 1. The predicted octanol–water partition coefficient (Wildman–Crippen LogP) is 4.09. The van der Waals surface area contributed by atoms with E-state index in [2.05, 4.69) is 12.2 Å². The summed E-state index contributed by atoms with van der Waals surface area (Å²) in [4.78, 5) is 22.4. The van der Waals surface area contributed by atoms with Crippen molar-refractivity contribution in [2.45, 2.75) is 45.6 Å². The molecular weight excluding hydrogens is 320 g/mol. The van der Waals surface area contributed by atoms with Crippen LogP contribution < -0.4 is 5.32 Å². The van der Waals surface area contributed by atoms with Crippen LogP contribution in [-0.4, -0.2) is 23.5 Å². The van der Waals surface area contributed by atoms with E-state index in [0.717, 1.165) is 19.3 Å². The fourth-order valence-corrected chi connectivity index (χ4v) is 3.12. The Morgan fingerprint density at radius 3 is 2.78 bits per heavy atom. The summed E-state index contributed by atoms with van der Waals surface area (Å²) < 4.78 is 5.70. The molecule has 2 atom stereocenters. The molecule has 0 saturated heterocycles. The van der Waals surface area contributed by atoms with Gasteiger partial charge in [-0.05, 0) is 37.3 Å². The number of carbonyl (C=O) groups excluding carboxylic acids is 1. The molecule has 1 aromatic rings. The van der Waals surface area contributed by atoms with Crippen LogP contribution in [0.15, 0.2) is 12.1 Å². The average Bonchev–Trinajstić information content (AvgIpc) is 2.49. The second-order valence-electron chi connectivity index (χ2n) is 6.04. The number of ether oxygens (including phenoxy) is 1. The Morgan fingerprint density at radius 1 is 1.43 bits per heavy atom. The Labute approximate surface area is 140 Å². The lowest BCUT2D eigenvalue weighted by atomic mass is 9.88. The molecule has 0 heterocycles. The van der Waals surface area contributed by atoms with Crippen molar-refractivity contribution in [1.82, 2.24) is 0 Å². The van der Waals surface area contributed by atoms with Gasteiger partial charge in [0, 0.05) is 6.07 Å². The number of hydrogen-bond acceptors (Lipinski definition) is 4. The second-order valence-corrected chi connectivity index (χ2v) is 6.44. The first-order valence-electron chi connectivity index (χ1n) is 7.74. The molecule has 0 radical (unpaired) electrons. The highest BCUT2D eigenvalue weighted by Gasteiger charge is 2.23. The number of anilines is 1. The zero-order valence-electron chi connectivity index (χ0n) is 13.3. The number of carbonyl (C=O) groups is 1. The highest BCUT2D eigenvalue weighted by molar-refractivity contribution is 6.32. The largest absolute Gasteiger partial charge is 0.368 e. The number of halogens is 1. The van der Waals surface area contributed by atoms with E-state index in [1.54, 1.807) is 6.92 Å².